The molecule has 0 amide bonds. The molecule has 2 rings (SSSR count). The molecule has 13 heavy (non-hydrogen) atoms. The Hall–Kier alpha value is -0.760. The minimum Gasteiger partial charge on any atom is -0.501 e. The molecule has 2 N–H and O–H groups in total. The third-order valence-electron chi connectivity index (χ3n) is 2.80. The first-order valence-electron chi connectivity index (χ1n) is 5.12. The van der Waals surface area contributed by atoms with Gasteiger partial charge in [-0.05, 0) is 43.3 Å². The second kappa shape index (κ2) is 3.97. The van der Waals surface area contributed by atoms with Crippen LogP contribution in [0.4, 0.5) is 0 Å². The summed E-state index contributed by atoms with van der Waals surface area (Å²) in [5, 5.41) is 0. The molecule has 1 atom stereocenters. The second-order valence-electron chi connectivity index (χ2n) is 3.88. The Morgan fingerprint density at radius 1 is 1.31 bits per heavy atom. The maximum absolute atomic E-state index is 5.83. The van der Waals surface area contributed by atoms with Crippen molar-refractivity contribution in [2.75, 3.05) is 6.61 Å². The molecule has 0 aromatic rings. The van der Waals surface area contributed by atoms with Gasteiger partial charge in [0.15, 0.2) is 0 Å². The highest BCUT2D eigenvalue weighted by molar-refractivity contribution is 5.31. The zero-order valence-electron chi connectivity index (χ0n) is 7.96. The first-order chi connectivity index (χ1) is 6.36. The van der Waals surface area contributed by atoms with Crippen LogP contribution in [0.5, 0.6) is 0 Å². The van der Waals surface area contributed by atoms with Crippen LogP contribution in [-0.4, -0.2) is 12.6 Å². The van der Waals surface area contributed by atoms with E-state index >= 15 is 0 Å². The average Bonchev–Trinajstić information content (AvgIpc) is 2.20. The molecule has 0 aromatic carbocycles. The zero-order chi connectivity index (χ0) is 9.10. The van der Waals surface area contributed by atoms with Crippen LogP contribution in [0.3, 0.4) is 0 Å². The third-order valence-corrected chi connectivity index (χ3v) is 2.80. The van der Waals surface area contributed by atoms with Crippen molar-refractivity contribution in [3.63, 3.8) is 0 Å². The Morgan fingerprint density at radius 2 is 2.23 bits per heavy atom. The Morgan fingerprint density at radius 3 is 2.85 bits per heavy atom. The summed E-state index contributed by atoms with van der Waals surface area (Å²) in [6.07, 6.45) is 9.86. The number of ether oxygens (including phenoxy) is 1. The fraction of sp³-hybridized carbons (Fsp3) is 0.636. The molecule has 1 unspecified atom stereocenters. The van der Waals surface area contributed by atoms with Gasteiger partial charge in [0.2, 0.25) is 0 Å². The van der Waals surface area contributed by atoms with Crippen molar-refractivity contribution in [1.82, 2.24) is 0 Å². The summed E-state index contributed by atoms with van der Waals surface area (Å²) in [4.78, 5) is 0. The van der Waals surface area contributed by atoms with E-state index in [1.54, 1.807) is 0 Å². The Bertz CT molecular complexity index is 242. The average molecular weight is 179 g/mol. The van der Waals surface area contributed by atoms with Crippen molar-refractivity contribution >= 4 is 0 Å². The first-order valence-corrected chi connectivity index (χ1v) is 5.12. The highest BCUT2D eigenvalue weighted by Crippen LogP contribution is 2.28. The fourth-order valence-electron chi connectivity index (χ4n) is 1.95. The summed E-state index contributed by atoms with van der Waals surface area (Å²) in [7, 11) is 0. The van der Waals surface area contributed by atoms with Gasteiger partial charge < -0.3 is 10.5 Å². The van der Waals surface area contributed by atoms with Crippen molar-refractivity contribution < 1.29 is 4.74 Å². The molecule has 2 heteroatoms. The molecule has 0 bridgehead atoms. The van der Waals surface area contributed by atoms with Gasteiger partial charge in [0, 0.05) is 6.04 Å². The van der Waals surface area contributed by atoms with Crippen LogP contribution in [0, 0.1) is 0 Å². The van der Waals surface area contributed by atoms with Crippen molar-refractivity contribution in [2.24, 2.45) is 5.73 Å². The number of hydrogen-bond donors (Lipinski definition) is 1. The zero-order valence-corrected chi connectivity index (χ0v) is 7.96. The van der Waals surface area contributed by atoms with E-state index in [1.807, 2.05) is 6.26 Å². The minimum absolute atomic E-state index is 0.383. The molecular weight excluding hydrogens is 162 g/mol. The van der Waals surface area contributed by atoms with E-state index in [0.717, 1.165) is 32.3 Å². The number of hydrogen-bond acceptors (Lipinski definition) is 2. The molecule has 0 saturated heterocycles. The molecule has 0 saturated carbocycles. The van der Waals surface area contributed by atoms with Gasteiger partial charge in [-0.1, -0.05) is 6.08 Å². The summed E-state index contributed by atoms with van der Waals surface area (Å²) in [6, 6.07) is 0.383. The lowest BCUT2D eigenvalue weighted by molar-refractivity contribution is 0.225. The second-order valence-corrected chi connectivity index (χ2v) is 3.88. The summed E-state index contributed by atoms with van der Waals surface area (Å²) >= 11 is 0. The lowest BCUT2D eigenvalue weighted by Gasteiger charge is -2.22. The third kappa shape index (κ3) is 2.13. The Labute approximate surface area is 79.5 Å². The van der Waals surface area contributed by atoms with Crippen molar-refractivity contribution in [3.8, 4) is 0 Å². The van der Waals surface area contributed by atoms with Crippen LogP contribution in [-0.2, 0) is 4.74 Å². The predicted molar refractivity (Wildman–Crippen MR) is 53.2 cm³/mol. The predicted octanol–water partition coefficient (Wildman–Crippen LogP) is 2.12. The highest BCUT2D eigenvalue weighted by Gasteiger charge is 2.15. The number of allylic oxidation sites excluding steroid dienone is 2. The molecule has 1 aliphatic carbocycles. The monoisotopic (exact) mass is 179 g/mol. The summed E-state index contributed by atoms with van der Waals surface area (Å²) in [5.41, 5.74) is 8.71. The molecule has 2 nitrogen and oxygen atoms in total. The maximum Gasteiger partial charge on any atom is 0.0876 e. The molecule has 0 radical (unpaired) electrons. The smallest absolute Gasteiger partial charge is 0.0876 e. The van der Waals surface area contributed by atoms with Crippen molar-refractivity contribution in [1.29, 1.82) is 0 Å². The molecule has 0 spiro atoms. The van der Waals surface area contributed by atoms with E-state index < -0.39 is 0 Å². The van der Waals surface area contributed by atoms with Crippen molar-refractivity contribution in [2.45, 2.75) is 38.1 Å². The molecule has 2 aliphatic rings. The molecule has 0 aromatic heterocycles. The van der Waals surface area contributed by atoms with E-state index in [-0.39, 0.29) is 0 Å². The lowest BCUT2D eigenvalue weighted by Crippen LogP contribution is -2.22. The van der Waals surface area contributed by atoms with Crippen LogP contribution < -0.4 is 5.73 Å². The van der Waals surface area contributed by atoms with Gasteiger partial charge in [-0.2, -0.15) is 0 Å². The van der Waals surface area contributed by atoms with Crippen LogP contribution in [0.25, 0.3) is 0 Å². The summed E-state index contributed by atoms with van der Waals surface area (Å²) < 4.78 is 5.33. The van der Waals surface area contributed by atoms with Crippen LogP contribution >= 0.6 is 0 Å². The Balaban J connectivity index is 2.03. The van der Waals surface area contributed by atoms with Crippen LogP contribution in [0.15, 0.2) is 23.5 Å². The first kappa shape index (κ1) is 8.82. The van der Waals surface area contributed by atoms with Gasteiger partial charge in [0.25, 0.3) is 0 Å². The lowest BCUT2D eigenvalue weighted by atomic mass is 9.89. The normalized spacial score (nSPS) is 28.8. The van der Waals surface area contributed by atoms with Crippen LogP contribution in [0.2, 0.25) is 0 Å². The SMILES string of the molecule is NC1CC=C(C2=COCCC2)CC1. The van der Waals surface area contributed by atoms with Gasteiger partial charge in [-0.15, -0.1) is 0 Å². The fourth-order valence-corrected chi connectivity index (χ4v) is 1.95. The molecule has 0 fully saturated rings. The Kier molecular flexibility index (Phi) is 2.69. The highest BCUT2D eigenvalue weighted by atomic mass is 16.5. The molecule has 1 aliphatic heterocycles. The standard InChI is InChI=1S/C11H17NO/c12-11-5-3-9(4-6-11)10-2-1-7-13-8-10/h3,8,11H,1-2,4-7,12H2. The van der Waals surface area contributed by atoms with Crippen molar-refractivity contribution in [3.05, 3.63) is 23.5 Å². The summed E-state index contributed by atoms with van der Waals surface area (Å²) in [6.45, 7) is 0.885. The molecular formula is C11H17NO. The van der Waals surface area contributed by atoms with Gasteiger partial charge in [0.1, 0.15) is 0 Å². The molecule has 1 heterocycles. The van der Waals surface area contributed by atoms with Crippen LogP contribution in [0.1, 0.15) is 32.1 Å². The van der Waals surface area contributed by atoms with Gasteiger partial charge in [-0.3, -0.25) is 0 Å². The minimum atomic E-state index is 0.383. The van der Waals surface area contributed by atoms with E-state index in [1.165, 1.54) is 17.6 Å². The van der Waals surface area contributed by atoms with Gasteiger partial charge in [0.05, 0.1) is 12.9 Å². The van der Waals surface area contributed by atoms with E-state index in [0.29, 0.717) is 6.04 Å². The maximum atomic E-state index is 5.83. The van der Waals surface area contributed by atoms with Gasteiger partial charge >= 0.3 is 0 Å². The van der Waals surface area contributed by atoms with Gasteiger partial charge in [-0.25, -0.2) is 0 Å². The van der Waals surface area contributed by atoms with E-state index in [2.05, 4.69) is 6.08 Å². The number of nitrogens with two attached hydrogens (primary N) is 1. The largest absolute Gasteiger partial charge is 0.501 e. The summed E-state index contributed by atoms with van der Waals surface area (Å²) in [5.74, 6) is 0. The molecule has 72 valence electrons. The van der Waals surface area contributed by atoms with E-state index in [9.17, 15) is 0 Å². The topological polar surface area (TPSA) is 35.2 Å². The van der Waals surface area contributed by atoms with E-state index in [4.69, 9.17) is 10.5 Å². The number of rotatable bonds is 1. The quantitative estimate of drug-likeness (QED) is 0.669.